The van der Waals surface area contributed by atoms with Crippen LogP contribution >= 0.6 is 11.3 Å². The summed E-state index contributed by atoms with van der Waals surface area (Å²) in [5.74, 6) is 8.20. The molecule has 2 aromatic rings. The van der Waals surface area contributed by atoms with E-state index in [0.717, 1.165) is 18.3 Å². The van der Waals surface area contributed by atoms with Crippen LogP contribution in [0.4, 0.5) is 0 Å². The lowest BCUT2D eigenvalue weighted by molar-refractivity contribution is 0.0658. The molecule has 3 heteroatoms. The van der Waals surface area contributed by atoms with Crippen molar-refractivity contribution in [1.82, 2.24) is 4.98 Å². The third-order valence-corrected chi connectivity index (χ3v) is 7.52. The molecule has 2 aliphatic rings. The molecular formula is C25H31NOS. The molecule has 0 amide bonds. The molecule has 0 bridgehead atoms. The number of rotatable bonds is 5. The lowest BCUT2D eigenvalue weighted by Crippen LogP contribution is -2.33. The first-order chi connectivity index (χ1) is 13.8. The fourth-order valence-corrected chi connectivity index (χ4v) is 5.98. The van der Waals surface area contributed by atoms with Gasteiger partial charge in [0, 0.05) is 11.1 Å². The second kappa shape index (κ2) is 9.14. The average molecular weight is 394 g/mol. The van der Waals surface area contributed by atoms with E-state index >= 15 is 0 Å². The summed E-state index contributed by atoms with van der Waals surface area (Å²) >= 11 is 1.66. The van der Waals surface area contributed by atoms with E-state index in [9.17, 15) is 0 Å². The third kappa shape index (κ3) is 4.61. The van der Waals surface area contributed by atoms with Gasteiger partial charge in [0.15, 0.2) is 0 Å². The summed E-state index contributed by atoms with van der Waals surface area (Å²) in [7, 11) is 0. The zero-order chi connectivity index (χ0) is 19.2. The van der Waals surface area contributed by atoms with Crippen LogP contribution in [0.5, 0.6) is 5.75 Å². The number of nitrogens with zero attached hydrogens (tertiary/aromatic N) is 1. The van der Waals surface area contributed by atoms with Crippen LogP contribution in [-0.4, -0.2) is 11.6 Å². The van der Waals surface area contributed by atoms with Gasteiger partial charge in [-0.1, -0.05) is 43.7 Å². The minimum Gasteiger partial charge on any atom is -0.493 e. The number of hydrogen-bond acceptors (Lipinski definition) is 3. The van der Waals surface area contributed by atoms with Crippen molar-refractivity contribution in [2.24, 2.45) is 11.3 Å². The summed E-state index contributed by atoms with van der Waals surface area (Å²) in [6.45, 7) is 2.77. The second-order valence-electron chi connectivity index (χ2n) is 8.63. The molecule has 2 atom stereocenters. The van der Waals surface area contributed by atoms with E-state index < -0.39 is 0 Å². The van der Waals surface area contributed by atoms with Crippen LogP contribution in [0.25, 0.3) is 0 Å². The topological polar surface area (TPSA) is 22.1 Å². The monoisotopic (exact) mass is 393 g/mol. The van der Waals surface area contributed by atoms with Crippen molar-refractivity contribution in [3.05, 3.63) is 46.4 Å². The fraction of sp³-hybridized carbons (Fsp3) is 0.560. The number of aromatic nitrogens is 1. The Labute approximate surface area is 173 Å². The molecule has 1 spiro atoms. The molecule has 0 saturated heterocycles. The average Bonchev–Trinajstić information content (AvgIpc) is 3.26. The van der Waals surface area contributed by atoms with Crippen molar-refractivity contribution in [2.45, 2.75) is 70.6 Å². The van der Waals surface area contributed by atoms with Crippen LogP contribution in [0.1, 0.15) is 81.1 Å². The highest BCUT2D eigenvalue weighted by Crippen LogP contribution is 2.49. The van der Waals surface area contributed by atoms with Crippen LogP contribution in [0.15, 0.2) is 36.0 Å². The van der Waals surface area contributed by atoms with Crippen molar-refractivity contribution in [2.75, 3.05) is 6.61 Å². The zero-order valence-corrected chi connectivity index (χ0v) is 17.8. The third-order valence-electron chi connectivity index (χ3n) is 6.68. The Morgan fingerprint density at radius 1 is 1.14 bits per heavy atom. The van der Waals surface area contributed by atoms with Gasteiger partial charge in [0.2, 0.25) is 0 Å². The SMILES string of the molecule is CC#C[C@H](c1ccc(OCC2CCCC3(CCCCC3)C2)cc1)c1cncs1. The van der Waals surface area contributed by atoms with Crippen molar-refractivity contribution in [1.29, 1.82) is 0 Å². The maximum Gasteiger partial charge on any atom is 0.119 e. The number of hydrogen-bond donors (Lipinski definition) is 0. The summed E-state index contributed by atoms with van der Waals surface area (Å²) in [6.07, 6.45) is 14.7. The smallest absolute Gasteiger partial charge is 0.119 e. The molecule has 1 aromatic carbocycles. The molecular weight excluding hydrogens is 362 g/mol. The second-order valence-corrected chi connectivity index (χ2v) is 9.55. The summed E-state index contributed by atoms with van der Waals surface area (Å²) in [6, 6.07) is 8.54. The molecule has 2 aliphatic carbocycles. The van der Waals surface area contributed by atoms with Crippen LogP contribution in [-0.2, 0) is 0 Å². The van der Waals surface area contributed by atoms with Gasteiger partial charge in [-0.2, -0.15) is 0 Å². The van der Waals surface area contributed by atoms with E-state index in [-0.39, 0.29) is 5.92 Å². The molecule has 1 aromatic heterocycles. The highest BCUT2D eigenvalue weighted by molar-refractivity contribution is 7.09. The van der Waals surface area contributed by atoms with Crippen molar-refractivity contribution in [3.63, 3.8) is 0 Å². The fourth-order valence-electron chi connectivity index (χ4n) is 5.28. The van der Waals surface area contributed by atoms with Gasteiger partial charge in [-0.25, -0.2) is 0 Å². The summed E-state index contributed by atoms with van der Waals surface area (Å²) in [4.78, 5) is 5.41. The normalized spacial score (nSPS) is 22.2. The van der Waals surface area contributed by atoms with Crippen LogP contribution in [0.3, 0.4) is 0 Å². The quantitative estimate of drug-likeness (QED) is 0.520. The maximum absolute atomic E-state index is 6.22. The molecule has 4 rings (SSSR count). The first kappa shape index (κ1) is 19.5. The van der Waals surface area contributed by atoms with Gasteiger partial charge in [0.05, 0.1) is 18.0 Å². The Kier molecular flexibility index (Phi) is 6.37. The van der Waals surface area contributed by atoms with Gasteiger partial charge in [-0.3, -0.25) is 4.98 Å². The van der Waals surface area contributed by atoms with Gasteiger partial charge in [0.25, 0.3) is 0 Å². The molecule has 1 unspecified atom stereocenters. The van der Waals surface area contributed by atoms with E-state index in [4.69, 9.17) is 4.74 Å². The van der Waals surface area contributed by atoms with E-state index in [1.807, 2.05) is 18.6 Å². The van der Waals surface area contributed by atoms with Crippen LogP contribution in [0, 0.1) is 23.2 Å². The Morgan fingerprint density at radius 3 is 2.64 bits per heavy atom. The Morgan fingerprint density at radius 2 is 1.93 bits per heavy atom. The molecule has 2 fully saturated rings. The first-order valence-corrected chi connectivity index (χ1v) is 11.7. The van der Waals surface area contributed by atoms with Crippen molar-refractivity contribution >= 4 is 11.3 Å². The molecule has 2 nitrogen and oxygen atoms in total. The first-order valence-electron chi connectivity index (χ1n) is 10.8. The largest absolute Gasteiger partial charge is 0.493 e. The highest BCUT2D eigenvalue weighted by atomic mass is 32.1. The minimum absolute atomic E-state index is 0.107. The predicted octanol–water partition coefficient (Wildman–Crippen LogP) is 6.82. The molecule has 1 heterocycles. The van der Waals surface area contributed by atoms with Gasteiger partial charge in [-0.05, 0) is 68.1 Å². The lowest BCUT2D eigenvalue weighted by Gasteiger charge is -2.43. The van der Waals surface area contributed by atoms with Crippen LogP contribution in [0.2, 0.25) is 0 Å². The van der Waals surface area contributed by atoms with E-state index in [1.165, 1.54) is 68.2 Å². The number of thiazole rings is 1. The molecule has 0 radical (unpaired) electrons. The van der Waals surface area contributed by atoms with E-state index in [0.29, 0.717) is 5.41 Å². The minimum atomic E-state index is 0.107. The van der Waals surface area contributed by atoms with Crippen molar-refractivity contribution < 1.29 is 4.74 Å². The summed E-state index contributed by atoms with van der Waals surface area (Å²) < 4.78 is 6.22. The molecule has 0 aliphatic heterocycles. The van der Waals surface area contributed by atoms with E-state index in [2.05, 4.69) is 41.1 Å². The van der Waals surface area contributed by atoms with Crippen LogP contribution < -0.4 is 4.74 Å². The summed E-state index contributed by atoms with van der Waals surface area (Å²) in [5.41, 5.74) is 3.74. The molecule has 28 heavy (non-hydrogen) atoms. The maximum atomic E-state index is 6.22. The Balaban J connectivity index is 1.36. The lowest BCUT2D eigenvalue weighted by atomic mass is 9.63. The Bertz CT molecular complexity index is 788. The van der Waals surface area contributed by atoms with E-state index in [1.54, 1.807) is 11.3 Å². The predicted molar refractivity (Wildman–Crippen MR) is 117 cm³/mol. The molecule has 0 N–H and O–H groups in total. The van der Waals surface area contributed by atoms with Gasteiger partial charge < -0.3 is 4.74 Å². The van der Waals surface area contributed by atoms with Gasteiger partial charge in [-0.15, -0.1) is 17.3 Å². The summed E-state index contributed by atoms with van der Waals surface area (Å²) in [5, 5.41) is 0. The van der Waals surface area contributed by atoms with Crippen molar-refractivity contribution in [3.8, 4) is 17.6 Å². The number of benzene rings is 1. The standard InChI is InChI=1S/C25H31NOS/c1-2-7-23(24-17-26-19-28-24)21-9-11-22(12-10-21)27-18-20-8-6-15-25(16-20)13-4-3-5-14-25/h9-12,17,19-20,23H,3-6,8,13-16,18H2,1H3/t20?,23-/m1/s1. The molecule has 2 saturated carbocycles. The van der Waals surface area contributed by atoms with Gasteiger partial charge in [0.1, 0.15) is 5.75 Å². The zero-order valence-electron chi connectivity index (χ0n) is 17.0. The number of ether oxygens (including phenoxy) is 1. The molecule has 148 valence electrons. The Hall–Kier alpha value is -1.79. The van der Waals surface area contributed by atoms with Gasteiger partial charge >= 0.3 is 0 Å². The highest BCUT2D eigenvalue weighted by Gasteiger charge is 2.37.